The number of hydrogen-bond donors (Lipinski definition) is 2. The Balaban J connectivity index is 1.40. The second-order valence-corrected chi connectivity index (χ2v) is 12.3. The summed E-state index contributed by atoms with van der Waals surface area (Å²) in [5.74, 6) is 2.51. The molecule has 30 heavy (non-hydrogen) atoms. The van der Waals surface area contributed by atoms with Crippen molar-refractivity contribution in [1.82, 2.24) is 9.62 Å². The first kappa shape index (κ1) is 21.8. The maximum Gasteiger partial charge on any atom is 0.242 e. The lowest BCUT2D eigenvalue weighted by Crippen LogP contribution is -2.57. The predicted molar refractivity (Wildman–Crippen MR) is 119 cm³/mol. The van der Waals surface area contributed by atoms with Gasteiger partial charge in [-0.2, -0.15) is 0 Å². The molecule has 0 spiro atoms. The Morgan fingerprint density at radius 3 is 2.17 bits per heavy atom. The number of carbonyl (C=O) groups is 1. The molecule has 1 aromatic carbocycles. The van der Waals surface area contributed by atoms with Crippen LogP contribution in [0.1, 0.15) is 52.4 Å². The van der Waals surface area contributed by atoms with Crippen LogP contribution < -0.4 is 10.6 Å². The van der Waals surface area contributed by atoms with Gasteiger partial charge < -0.3 is 10.6 Å². The van der Waals surface area contributed by atoms with E-state index in [4.69, 9.17) is 0 Å². The highest BCUT2D eigenvalue weighted by Gasteiger charge is 2.53. The molecule has 4 bridgehead atoms. The van der Waals surface area contributed by atoms with Crippen LogP contribution in [-0.4, -0.2) is 44.8 Å². The molecule has 5 rings (SSSR count). The first-order chi connectivity index (χ1) is 14.1. The van der Waals surface area contributed by atoms with Crippen molar-refractivity contribution < 1.29 is 13.2 Å². The van der Waals surface area contributed by atoms with Crippen LogP contribution >= 0.6 is 0 Å². The number of rotatable bonds is 7. The molecule has 0 aromatic heterocycles. The van der Waals surface area contributed by atoms with E-state index in [-0.39, 0.29) is 16.8 Å². The number of carbonyl (C=O) groups excluding carboxylic acids is 1. The number of amides is 1. The Hall–Kier alpha value is -1.44. The minimum absolute atomic E-state index is 0.133. The lowest BCUT2D eigenvalue weighted by molar-refractivity contribution is -0.119. The van der Waals surface area contributed by atoms with Gasteiger partial charge in [0.2, 0.25) is 15.9 Å². The Labute approximate surface area is 180 Å². The van der Waals surface area contributed by atoms with Crippen LogP contribution in [-0.2, 0) is 14.8 Å². The van der Waals surface area contributed by atoms with E-state index in [0.29, 0.717) is 17.1 Å². The van der Waals surface area contributed by atoms with Gasteiger partial charge in [0, 0.05) is 25.8 Å². The molecule has 7 heteroatoms. The van der Waals surface area contributed by atoms with Crippen LogP contribution in [0, 0.1) is 23.2 Å². The van der Waals surface area contributed by atoms with E-state index >= 15 is 0 Å². The van der Waals surface area contributed by atoms with E-state index in [1.54, 1.807) is 18.2 Å². The highest BCUT2D eigenvalue weighted by Crippen LogP contribution is 2.61. The van der Waals surface area contributed by atoms with E-state index in [9.17, 15) is 13.2 Å². The molecule has 2 N–H and O–H groups in total. The molecule has 0 saturated heterocycles. The van der Waals surface area contributed by atoms with E-state index < -0.39 is 10.0 Å². The molecule has 1 amide bonds. The minimum atomic E-state index is -3.53. The van der Waals surface area contributed by atoms with Crippen molar-refractivity contribution in [1.29, 1.82) is 0 Å². The normalized spacial score (nSPS) is 32.2. The second-order valence-electron chi connectivity index (χ2n) is 10.2. The minimum Gasteiger partial charge on any atom is -0.325 e. The summed E-state index contributed by atoms with van der Waals surface area (Å²) < 4.78 is 25.9. The summed E-state index contributed by atoms with van der Waals surface area (Å²) in [5.41, 5.74) is 0.835. The maximum atomic E-state index is 12.8. The monoisotopic (exact) mass is 433 g/mol. The van der Waals surface area contributed by atoms with Crippen LogP contribution in [0.2, 0.25) is 0 Å². The van der Waals surface area contributed by atoms with E-state index in [1.165, 1.54) is 63.0 Å². The molecule has 4 aliphatic rings. The fraction of sp³-hybridized carbons (Fsp3) is 0.696. The molecule has 0 radical (unpaired) electrons. The molecule has 0 heterocycles. The zero-order valence-corrected chi connectivity index (χ0v) is 19.3. The second kappa shape index (κ2) is 7.92. The largest absolute Gasteiger partial charge is 0.325 e. The SMILES string of the molecule is C[C@H](N[C@@H](C)C12CC3CC(CC(C3)C1)C2)C(=O)Nc1cccc(S(=O)(=O)N(C)C)c1. The first-order valence-electron chi connectivity index (χ1n) is 11.2. The number of sulfonamides is 1. The number of anilines is 1. The predicted octanol–water partition coefficient (Wildman–Crippen LogP) is 3.46. The van der Waals surface area contributed by atoms with E-state index in [0.717, 1.165) is 17.8 Å². The third kappa shape index (κ3) is 4.04. The lowest BCUT2D eigenvalue weighted by atomic mass is 9.48. The van der Waals surface area contributed by atoms with Crippen LogP contribution in [0.25, 0.3) is 0 Å². The number of nitrogens with zero attached hydrogens (tertiary/aromatic N) is 1. The van der Waals surface area contributed by atoms with Crippen molar-refractivity contribution in [2.45, 2.75) is 69.4 Å². The van der Waals surface area contributed by atoms with E-state index in [1.807, 2.05) is 6.92 Å². The summed E-state index contributed by atoms with van der Waals surface area (Å²) in [6, 6.07) is 6.39. The Kier molecular flexibility index (Phi) is 5.75. The van der Waals surface area contributed by atoms with E-state index in [2.05, 4.69) is 17.6 Å². The van der Waals surface area contributed by atoms with Gasteiger partial charge in [0.1, 0.15) is 0 Å². The molecular formula is C23H35N3O3S. The van der Waals surface area contributed by atoms with Crippen molar-refractivity contribution in [3.05, 3.63) is 24.3 Å². The lowest BCUT2D eigenvalue weighted by Gasteiger charge is -2.59. The first-order valence-corrected chi connectivity index (χ1v) is 12.6. The number of nitrogens with one attached hydrogen (secondary N) is 2. The Bertz CT molecular complexity index is 877. The molecule has 2 atom stereocenters. The van der Waals surface area contributed by atoms with Crippen LogP contribution in [0.3, 0.4) is 0 Å². The third-order valence-electron chi connectivity index (χ3n) is 7.78. The molecule has 1 aromatic rings. The van der Waals surface area contributed by atoms with Gasteiger partial charge >= 0.3 is 0 Å². The summed E-state index contributed by atoms with van der Waals surface area (Å²) in [7, 11) is -0.537. The fourth-order valence-corrected chi connectivity index (χ4v) is 7.48. The van der Waals surface area contributed by atoms with Gasteiger partial charge in [-0.1, -0.05) is 6.07 Å². The average molecular weight is 434 g/mol. The summed E-state index contributed by atoms with van der Waals surface area (Å²) >= 11 is 0. The van der Waals surface area contributed by atoms with Gasteiger partial charge in [-0.05, 0) is 93.7 Å². The van der Waals surface area contributed by atoms with Crippen molar-refractivity contribution in [2.75, 3.05) is 19.4 Å². The van der Waals surface area contributed by atoms with Gasteiger partial charge in [0.25, 0.3) is 0 Å². The van der Waals surface area contributed by atoms with Gasteiger partial charge in [0.05, 0.1) is 10.9 Å². The Morgan fingerprint density at radius 2 is 1.63 bits per heavy atom. The molecule has 166 valence electrons. The summed E-state index contributed by atoms with van der Waals surface area (Å²) in [6.45, 7) is 4.15. The highest BCUT2D eigenvalue weighted by atomic mass is 32.2. The zero-order chi connectivity index (χ0) is 21.7. The van der Waals surface area contributed by atoms with Gasteiger partial charge in [-0.3, -0.25) is 4.79 Å². The van der Waals surface area contributed by atoms with Crippen molar-refractivity contribution in [3.63, 3.8) is 0 Å². The quantitative estimate of drug-likeness (QED) is 0.690. The molecule has 0 unspecified atom stereocenters. The third-order valence-corrected chi connectivity index (χ3v) is 9.59. The maximum absolute atomic E-state index is 12.8. The van der Waals surface area contributed by atoms with Crippen molar-refractivity contribution in [3.8, 4) is 0 Å². The van der Waals surface area contributed by atoms with Crippen molar-refractivity contribution >= 4 is 21.6 Å². The van der Waals surface area contributed by atoms with Crippen molar-refractivity contribution in [2.24, 2.45) is 23.2 Å². The fourth-order valence-electron chi connectivity index (χ4n) is 6.53. The highest BCUT2D eigenvalue weighted by molar-refractivity contribution is 7.89. The van der Waals surface area contributed by atoms with Crippen LogP contribution in [0.15, 0.2) is 29.2 Å². The van der Waals surface area contributed by atoms with Crippen LogP contribution in [0.4, 0.5) is 5.69 Å². The summed E-state index contributed by atoms with van der Waals surface area (Å²) in [6.07, 6.45) is 8.13. The molecule has 4 saturated carbocycles. The average Bonchev–Trinajstić information content (AvgIpc) is 2.66. The Morgan fingerprint density at radius 1 is 1.07 bits per heavy atom. The summed E-state index contributed by atoms with van der Waals surface area (Å²) in [5, 5.41) is 6.47. The standard InChI is InChI=1S/C23H35N3O3S/c1-15(22(27)25-20-6-5-7-21(11-20)30(28,29)26(3)4)24-16(2)23-12-17-8-18(13-23)10-19(9-17)14-23/h5-7,11,15-19,24H,8-10,12-14H2,1-4H3,(H,25,27)/t15-,16-,17?,18?,19?,23?/m0/s1. The van der Waals surface area contributed by atoms with Gasteiger partial charge in [-0.15, -0.1) is 0 Å². The molecule has 4 aliphatic carbocycles. The molecule has 0 aliphatic heterocycles. The molecular weight excluding hydrogens is 398 g/mol. The van der Waals surface area contributed by atoms with Crippen LogP contribution in [0.5, 0.6) is 0 Å². The topological polar surface area (TPSA) is 78.5 Å². The zero-order valence-electron chi connectivity index (χ0n) is 18.5. The van der Waals surface area contributed by atoms with Gasteiger partial charge in [0.15, 0.2) is 0 Å². The number of hydrogen-bond acceptors (Lipinski definition) is 4. The smallest absolute Gasteiger partial charge is 0.242 e. The molecule has 4 fully saturated rings. The number of benzene rings is 1. The van der Waals surface area contributed by atoms with Gasteiger partial charge in [-0.25, -0.2) is 12.7 Å². The summed E-state index contributed by atoms with van der Waals surface area (Å²) in [4.78, 5) is 13.0. The molecule has 6 nitrogen and oxygen atoms in total.